The molecule has 0 saturated carbocycles. The van der Waals surface area contributed by atoms with Gasteiger partial charge in [-0.1, -0.05) is 42.0 Å². The van der Waals surface area contributed by atoms with Gasteiger partial charge >= 0.3 is 0 Å². The molecule has 0 amide bonds. The van der Waals surface area contributed by atoms with E-state index in [9.17, 15) is 4.79 Å². The number of hydrogen-bond acceptors (Lipinski definition) is 1. The van der Waals surface area contributed by atoms with Crippen LogP contribution in [0.5, 0.6) is 0 Å². The molecule has 3 rings (SSSR count). The fraction of sp³-hybridized carbons (Fsp3) is 0.316. The van der Waals surface area contributed by atoms with E-state index in [0.717, 1.165) is 6.42 Å². The Balaban J connectivity index is 1.82. The number of carbonyl (C=O) groups excluding carboxylic acids is 1. The molecule has 2 aromatic carbocycles. The van der Waals surface area contributed by atoms with E-state index in [1.54, 1.807) is 0 Å². The van der Waals surface area contributed by atoms with E-state index in [-0.39, 0.29) is 5.92 Å². The van der Waals surface area contributed by atoms with E-state index in [1.165, 1.54) is 33.4 Å². The molecule has 1 aliphatic rings. The summed E-state index contributed by atoms with van der Waals surface area (Å²) in [7, 11) is 0. The number of fused-ring (bicyclic) bond motifs is 1. The van der Waals surface area contributed by atoms with Crippen molar-refractivity contribution in [3.8, 4) is 0 Å². The molecule has 0 radical (unpaired) electrons. The number of hydrogen-bond donors (Lipinski definition) is 0. The lowest BCUT2D eigenvalue weighted by molar-refractivity contribution is -0.120. The van der Waals surface area contributed by atoms with Crippen molar-refractivity contribution in [1.29, 1.82) is 0 Å². The summed E-state index contributed by atoms with van der Waals surface area (Å²) >= 11 is 0. The van der Waals surface area contributed by atoms with E-state index in [1.807, 2.05) is 12.1 Å². The highest BCUT2D eigenvalue weighted by Gasteiger charge is 2.31. The summed E-state index contributed by atoms with van der Waals surface area (Å²) in [5, 5.41) is 0. The highest BCUT2D eigenvalue weighted by molar-refractivity contribution is 5.90. The number of rotatable bonds is 3. The maximum absolute atomic E-state index is 12.5. The monoisotopic (exact) mass is 264 g/mol. The molecule has 0 aliphatic heterocycles. The maximum Gasteiger partial charge on any atom is 0.145 e. The number of aryl methyl sites for hydroxylation is 3. The van der Waals surface area contributed by atoms with Crippen LogP contribution in [0, 0.1) is 20.8 Å². The van der Waals surface area contributed by atoms with Crippen molar-refractivity contribution in [2.75, 3.05) is 0 Å². The first kappa shape index (κ1) is 13.1. The van der Waals surface area contributed by atoms with Gasteiger partial charge in [-0.15, -0.1) is 0 Å². The fourth-order valence-corrected chi connectivity index (χ4v) is 3.33. The van der Waals surface area contributed by atoms with Gasteiger partial charge in [0.25, 0.3) is 0 Å². The minimum Gasteiger partial charge on any atom is -0.299 e. The van der Waals surface area contributed by atoms with Crippen molar-refractivity contribution < 1.29 is 4.79 Å². The minimum atomic E-state index is 0.117. The Morgan fingerprint density at radius 1 is 1.10 bits per heavy atom. The Hall–Kier alpha value is -1.89. The van der Waals surface area contributed by atoms with Crippen LogP contribution in [0.1, 0.15) is 39.3 Å². The van der Waals surface area contributed by atoms with Crippen molar-refractivity contribution in [1.82, 2.24) is 0 Å². The Labute approximate surface area is 120 Å². The van der Waals surface area contributed by atoms with Crippen LogP contribution in [0.2, 0.25) is 0 Å². The van der Waals surface area contributed by atoms with Gasteiger partial charge in [-0.3, -0.25) is 4.79 Å². The van der Waals surface area contributed by atoms with E-state index in [2.05, 4.69) is 45.0 Å². The second-order valence-electron chi connectivity index (χ2n) is 5.98. The van der Waals surface area contributed by atoms with Crippen molar-refractivity contribution in [2.24, 2.45) is 0 Å². The lowest BCUT2D eigenvalue weighted by Crippen LogP contribution is -2.26. The van der Waals surface area contributed by atoms with Gasteiger partial charge in [0.15, 0.2) is 0 Å². The molecule has 1 unspecified atom stereocenters. The first-order valence-corrected chi connectivity index (χ1v) is 7.23. The van der Waals surface area contributed by atoms with Crippen molar-refractivity contribution in [3.05, 3.63) is 69.8 Å². The number of carbonyl (C=O) groups is 1. The normalized spacial score (nSPS) is 16.4. The predicted octanol–water partition coefficient (Wildman–Crippen LogP) is 4.06. The fourth-order valence-electron chi connectivity index (χ4n) is 3.33. The number of ketones is 1. The molecule has 2 aromatic rings. The molecule has 0 saturated heterocycles. The molecule has 0 aromatic heterocycles. The average Bonchev–Trinajstić information content (AvgIpc) is 2.35. The Bertz CT molecular complexity index is 659. The van der Waals surface area contributed by atoms with E-state index < -0.39 is 0 Å². The maximum atomic E-state index is 12.5. The Morgan fingerprint density at radius 3 is 2.40 bits per heavy atom. The lowest BCUT2D eigenvalue weighted by Gasteiger charge is -2.29. The molecular weight excluding hydrogens is 244 g/mol. The quantitative estimate of drug-likeness (QED) is 0.817. The van der Waals surface area contributed by atoms with Crippen molar-refractivity contribution in [3.63, 3.8) is 0 Å². The van der Waals surface area contributed by atoms with Crippen molar-refractivity contribution >= 4 is 5.78 Å². The summed E-state index contributed by atoms with van der Waals surface area (Å²) in [6, 6.07) is 12.6. The van der Waals surface area contributed by atoms with Gasteiger partial charge in [-0.2, -0.15) is 0 Å². The molecule has 0 fully saturated rings. The lowest BCUT2D eigenvalue weighted by atomic mass is 9.73. The molecule has 1 atom stereocenters. The van der Waals surface area contributed by atoms with Crippen LogP contribution in [0.15, 0.2) is 36.4 Å². The largest absolute Gasteiger partial charge is 0.299 e. The number of Topliss-reactive ketones (excluding diaryl/α,β-unsaturated/α-hetero) is 1. The summed E-state index contributed by atoms with van der Waals surface area (Å²) < 4.78 is 0. The van der Waals surface area contributed by atoms with Gasteiger partial charge < -0.3 is 0 Å². The smallest absolute Gasteiger partial charge is 0.145 e. The zero-order valence-corrected chi connectivity index (χ0v) is 12.4. The third kappa shape index (κ3) is 2.18. The topological polar surface area (TPSA) is 17.1 Å². The standard InChI is InChI=1S/C19H20O/c1-12-8-13(2)17(14(3)9-12)11-19(20)18-10-15-6-4-5-7-16(15)18/h4-9,18H,10-11H2,1-3H3. The van der Waals surface area contributed by atoms with Gasteiger partial charge in [0.1, 0.15) is 5.78 Å². The molecular formula is C19H20O. The molecule has 0 heterocycles. The summed E-state index contributed by atoms with van der Waals surface area (Å²) in [6.07, 6.45) is 1.48. The molecule has 0 spiro atoms. The Morgan fingerprint density at radius 2 is 1.75 bits per heavy atom. The van der Waals surface area contributed by atoms with Crippen LogP contribution in [0.3, 0.4) is 0 Å². The third-order valence-corrected chi connectivity index (χ3v) is 4.43. The van der Waals surface area contributed by atoms with Gasteiger partial charge in [0.2, 0.25) is 0 Å². The van der Waals surface area contributed by atoms with E-state index in [0.29, 0.717) is 12.2 Å². The minimum absolute atomic E-state index is 0.117. The highest BCUT2D eigenvalue weighted by atomic mass is 16.1. The molecule has 102 valence electrons. The zero-order chi connectivity index (χ0) is 14.3. The van der Waals surface area contributed by atoms with Gasteiger partial charge in [0, 0.05) is 12.3 Å². The average molecular weight is 264 g/mol. The van der Waals surface area contributed by atoms with Crippen LogP contribution >= 0.6 is 0 Å². The third-order valence-electron chi connectivity index (χ3n) is 4.43. The molecule has 1 aliphatic carbocycles. The summed E-state index contributed by atoms with van der Waals surface area (Å²) in [5.74, 6) is 0.477. The van der Waals surface area contributed by atoms with Crippen LogP contribution in [-0.2, 0) is 17.6 Å². The van der Waals surface area contributed by atoms with Gasteiger partial charge in [-0.25, -0.2) is 0 Å². The first-order valence-electron chi connectivity index (χ1n) is 7.23. The first-order chi connectivity index (χ1) is 9.56. The van der Waals surface area contributed by atoms with Crippen LogP contribution < -0.4 is 0 Å². The van der Waals surface area contributed by atoms with Gasteiger partial charge in [0.05, 0.1) is 0 Å². The summed E-state index contributed by atoms with van der Waals surface area (Å²) in [4.78, 5) is 12.5. The van der Waals surface area contributed by atoms with E-state index in [4.69, 9.17) is 0 Å². The highest BCUT2D eigenvalue weighted by Crippen LogP contribution is 2.36. The zero-order valence-electron chi connectivity index (χ0n) is 12.4. The Kier molecular flexibility index (Phi) is 3.21. The van der Waals surface area contributed by atoms with Crippen molar-refractivity contribution in [2.45, 2.75) is 39.5 Å². The molecule has 20 heavy (non-hydrogen) atoms. The SMILES string of the molecule is Cc1cc(C)c(CC(=O)C2Cc3ccccc32)c(C)c1. The molecule has 0 bridgehead atoms. The number of benzene rings is 2. The second kappa shape index (κ2) is 4.90. The van der Waals surface area contributed by atoms with Gasteiger partial charge in [-0.05, 0) is 55.0 Å². The molecule has 1 nitrogen and oxygen atoms in total. The van der Waals surface area contributed by atoms with Crippen LogP contribution in [-0.4, -0.2) is 5.78 Å². The predicted molar refractivity (Wildman–Crippen MR) is 82.3 cm³/mol. The summed E-state index contributed by atoms with van der Waals surface area (Å²) in [6.45, 7) is 6.32. The second-order valence-corrected chi connectivity index (χ2v) is 5.98. The molecule has 1 heteroatoms. The van der Waals surface area contributed by atoms with Crippen LogP contribution in [0.4, 0.5) is 0 Å². The van der Waals surface area contributed by atoms with E-state index >= 15 is 0 Å². The summed E-state index contributed by atoms with van der Waals surface area (Å²) in [5.41, 5.74) is 7.53. The molecule has 0 N–H and O–H groups in total. The van der Waals surface area contributed by atoms with Crippen LogP contribution in [0.25, 0.3) is 0 Å².